The average molecular weight is 377 g/mol. The van der Waals surface area contributed by atoms with Crippen molar-refractivity contribution < 1.29 is 23.0 Å². The summed E-state index contributed by atoms with van der Waals surface area (Å²) in [4.78, 5) is 11.7. The Bertz CT molecular complexity index is 806. The predicted molar refractivity (Wildman–Crippen MR) is 102 cm³/mol. The number of aryl methyl sites for hydroxylation is 3. The second-order valence-corrected chi connectivity index (χ2v) is 6.21. The maximum absolute atomic E-state index is 13.5. The molecule has 0 aromatic heterocycles. The van der Waals surface area contributed by atoms with E-state index in [-0.39, 0.29) is 30.0 Å². The molecule has 2 aromatic carbocycles. The number of nitrogens with one attached hydrogen (secondary N) is 1. The Labute approximate surface area is 158 Å². The molecule has 2 aromatic rings. The van der Waals surface area contributed by atoms with Crippen molar-refractivity contribution in [2.75, 3.05) is 11.9 Å². The van der Waals surface area contributed by atoms with Crippen molar-refractivity contribution in [3.05, 3.63) is 58.1 Å². The van der Waals surface area contributed by atoms with Gasteiger partial charge in [-0.15, -0.1) is 0 Å². The van der Waals surface area contributed by atoms with Gasteiger partial charge in [-0.3, -0.25) is 5.32 Å². The van der Waals surface area contributed by atoms with Gasteiger partial charge in [0.1, 0.15) is 12.4 Å². The second-order valence-electron chi connectivity index (χ2n) is 6.21. The van der Waals surface area contributed by atoms with E-state index >= 15 is 0 Å². The van der Waals surface area contributed by atoms with Crippen LogP contribution in [0.4, 0.5) is 19.3 Å². The van der Waals surface area contributed by atoms with Crippen LogP contribution < -0.4 is 10.1 Å². The largest absolute Gasteiger partial charge is 0.489 e. The summed E-state index contributed by atoms with van der Waals surface area (Å²) < 4.78 is 37.6. The van der Waals surface area contributed by atoms with Crippen LogP contribution in [0.5, 0.6) is 5.75 Å². The van der Waals surface area contributed by atoms with Gasteiger partial charge < -0.3 is 9.47 Å². The fourth-order valence-electron chi connectivity index (χ4n) is 2.90. The molecule has 0 bridgehead atoms. The number of ether oxygens (including phenoxy) is 2. The first-order chi connectivity index (χ1) is 12.9. The molecule has 0 aliphatic carbocycles. The molecule has 0 spiro atoms. The van der Waals surface area contributed by atoms with E-state index in [9.17, 15) is 13.6 Å². The van der Waals surface area contributed by atoms with Crippen LogP contribution in [0.1, 0.15) is 48.1 Å². The number of anilines is 1. The summed E-state index contributed by atoms with van der Waals surface area (Å²) in [5, 5.41) is 2.51. The van der Waals surface area contributed by atoms with Gasteiger partial charge in [-0.05, 0) is 56.0 Å². The highest BCUT2D eigenvalue weighted by Crippen LogP contribution is 2.31. The van der Waals surface area contributed by atoms with Gasteiger partial charge in [0, 0.05) is 11.1 Å². The normalized spacial score (nSPS) is 10.8. The molecule has 4 nitrogen and oxygen atoms in total. The number of rotatable bonds is 7. The molecule has 0 saturated heterocycles. The molecule has 6 heteroatoms. The summed E-state index contributed by atoms with van der Waals surface area (Å²) in [6, 6.07) is 8.31. The highest BCUT2D eigenvalue weighted by atomic mass is 19.3. The zero-order chi connectivity index (χ0) is 20.0. The minimum atomic E-state index is -2.68. The van der Waals surface area contributed by atoms with Crippen molar-refractivity contribution in [2.45, 2.75) is 47.1 Å². The number of halogens is 2. The maximum atomic E-state index is 13.5. The van der Waals surface area contributed by atoms with E-state index in [0.29, 0.717) is 5.75 Å². The summed E-state index contributed by atoms with van der Waals surface area (Å²) in [6.45, 7) is 7.76. The van der Waals surface area contributed by atoms with Crippen LogP contribution in [0.3, 0.4) is 0 Å². The van der Waals surface area contributed by atoms with Gasteiger partial charge in [0.05, 0.1) is 12.3 Å². The van der Waals surface area contributed by atoms with Crippen molar-refractivity contribution in [1.29, 1.82) is 0 Å². The molecule has 2 rings (SSSR count). The quantitative estimate of drug-likeness (QED) is 0.648. The lowest BCUT2D eigenvalue weighted by Crippen LogP contribution is -2.16. The van der Waals surface area contributed by atoms with Crippen LogP contribution in [0.25, 0.3) is 0 Å². The molecule has 146 valence electrons. The SMILES string of the molecule is CCOC(=O)Nc1cccc(C(F)F)c1COc1cc(C)c(CC)cc1C. The molecule has 0 heterocycles. The molecular weight excluding hydrogens is 352 g/mol. The number of benzene rings is 2. The van der Waals surface area contributed by atoms with Crippen LogP contribution in [0, 0.1) is 13.8 Å². The minimum absolute atomic E-state index is 0.0893. The van der Waals surface area contributed by atoms with Crippen LogP contribution in [0.2, 0.25) is 0 Å². The zero-order valence-corrected chi connectivity index (χ0v) is 16.1. The third-order valence-electron chi connectivity index (χ3n) is 4.35. The number of hydrogen-bond donors (Lipinski definition) is 1. The van der Waals surface area contributed by atoms with Gasteiger partial charge in [-0.1, -0.05) is 25.1 Å². The highest BCUT2D eigenvalue weighted by Gasteiger charge is 2.19. The number of carbonyl (C=O) groups is 1. The lowest BCUT2D eigenvalue weighted by Gasteiger charge is -2.17. The minimum Gasteiger partial charge on any atom is -0.489 e. The Morgan fingerprint density at radius 1 is 1.15 bits per heavy atom. The van der Waals surface area contributed by atoms with E-state index in [1.54, 1.807) is 13.0 Å². The van der Waals surface area contributed by atoms with Crippen molar-refractivity contribution in [3.8, 4) is 5.75 Å². The second kappa shape index (κ2) is 9.35. The van der Waals surface area contributed by atoms with Crippen molar-refractivity contribution in [2.24, 2.45) is 0 Å². The lowest BCUT2D eigenvalue weighted by atomic mass is 10.0. The van der Waals surface area contributed by atoms with E-state index in [2.05, 4.69) is 12.2 Å². The molecule has 0 unspecified atom stereocenters. The van der Waals surface area contributed by atoms with Gasteiger partial charge in [0.25, 0.3) is 6.43 Å². The van der Waals surface area contributed by atoms with Crippen LogP contribution in [-0.4, -0.2) is 12.7 Å². The number of alkyl halides is 2. The van der Waals surface area contributed by atoms with Gasteiger partial charge in [-0.2, -0.15) is 0 Å². The van der Waals surface area contributed by atoms with E-state index in [4.69, 9.17) is 9.47 Å². The van der Waals surface area contributed by atoms with E-state index in [1.807, 2.05) is 26.0 Å². The summed E-state index contributed by atoms with van der Waals surface area (Å²) in [5.74, 6) is 0.635. The fraction of sp³-hybridized carbons (Fsp3) is 0.381. The molecule has 0 fully saturated rings. The number of carbonyl (C=O) groups excluding carboxylic acids is 1. The van der Waals surface area contributed by atoms with Gasteiger partial charge >= 0.3 is 6.09 Å². The first-order valence-corrected chi connectivity index (χ1v) is 8.93. The molecule has 1 N–H and O–H groups in total. The summed E-state index contributed by atoms with van der Waals surface area (Å²) >= 11 is 0. The number of hydrogen-bond acceptors (Lipinski definition) is 3. The third-order valence-corrected chi connectivity index (χ3v) is 4.35. The zero-order valence-electron chi connectivity index (χ0n) is 16.1. The summed E-state index contributed by atoms with van der Waals surface area (Å²) in [7, 11) is 0. The predicted octanol–water partition coefficient (Wildman–Crippen LogP) is 5.95. The van der Waals surface area contributed by atoms with E-state index in [1.165, 1.54) is 17.7 Å². The van der Waals surface area contributed by atoms with Crippen molar-refractivity contribution in [3.63, 3.8) is 0 Å². The first-order valence-electron chi connectivity index (χ1n) is 8.93. The van der Waals surface area contributed by atoms with Crippen LogP contribution in [-0.2, 0) is 17.8 Å². The smallest absolute Gasteiger partial charge is 0.411 e. The molecule has 0 aliphatic rings. The van der Waals surface area contributed by atoms with Crippen LogP contribution >= 0.6 is 0 Å². The topological polar surface area (TPSA) is 47.6 Å². The van der Waals surface area contributed by atoms with E-state index < -0.39 is 12.5 Å². The Hall–Kier alpha value is -2.63. The molecule has 0 saturated carbocycles. The average Bonchev–Trinajstić information content (AvgIpc) is 2.62. The van der Waals surface area contributed by atoms with E-state index in [0.717, 1.165) is 17.5 Å². The standard InChI is InChI=1S/C21H25F2NO3/c1-5-15-10-14(4)19(11-13(15)3)27-12-17-16(20(22)23)8-7-9-18(17)24-21(25)26-6-2/h7-11,20H,5-6,12H2,1-4H3,(H,24,25). The number of amides is 1. The van der Waals surface area contributed by atoms with Crippen molar-refractivity contribution >= 4 is 11.8 Å². The Morgan fingerprint density at radius 3 is 2.52 bits per heavy atom. The Kier molecular flexibility index (Phi) is 7.16. The summed E-state index contributed by atoms with van der Waals surface area (Å²) in [5.41, 5.74) is 3.56. The Balaban J connectivity index is 2.31. The molecule has 1 amide bonds. The molecule has 0 atom stereocenters. The highest BCUT2D eigenvalue weighted by molar-refractivity contribution is 5.86. The molecule has 0 aliphatic heterocycles. The lowest BCUT2D eigenvalue weighted by molar-refractivity contribution is 0.148. The first kappa shape index (κ1) is 20.7. The molecular formula is C21H25F2NO3. The fourth-order valence-corrected chi connectivity index (χ4v) is 2.90. The Morgan fingerprint density at radius 2 is 1.89 bits per heavy atom. The van der Waals surface area contributed by atoms with Crippen molar-refractivity contribution in [1.82, 2.24) is 0 Å². The molecule has 0 radical (unpaired) electrons. The third kappa shape index (κ3) is 5.18. The van der Waals surface area contributed by atoms with Gasteiger partial charge in [0.2, 0.25) is 0 Å². The van der Waals surface area contributed by atoms with Gasteiger partial charge in [0.15, 0.2) is 0 Å². The summed E-state index contributed by atoms with van der Waals surface area (Å²) in [6.07, 6.45) is -2.46. The monoisotopic (exact) mass is 377 g/mol. The maximum Gasteiger partial charge on any atom is 0.411 e. The van der Waals surface area contributed by atoms with Gasteiger partial charge in [-0.25, -0.2) is 13.6 Å². The van der Waals surface area contributed by atoms with Crippen LogP contribution in [0.15, 0.2) is 30.3 Å². The molecule has 27 heavy (non-hydrogen) atoms.